The molecule has 0 atom stereocenters. The molecule has 0 saturated carbocycles. The van der Waals surface area contributed by atoms with Crippen LogP contribution < -0.4 is 15.4 Å². The molecule has 7 heteroatoms. The van der Waals surface area contributed by atoms with Crippen LogP contribution in [0.1, 0.15) is 42.4 Å². The molecule has 4 heterocycles. The number of hydrogen-bond acceptors (Lipinski definition) is 6. The molecule has 0 aliphatic carbocycles. The van der Waals surface area contributed by atoms with Crippen LogP contribution in [0.4, 0.5) is 11.5 Å². The number of ether oxygens (including phenoxy) is 2. The normalized spacial score (nSPS) is 18.2. The van der Waals surface area contributed by atoms with Gasteiger partial charge in [-0.1, -0.05) is 48.5 Å². The zero-order valence-electron chi connectivity index (χ0n) is 21.9. The van der Waals surface area contributed by atoms with E-state index in [9.17, 15) is 4.79 Å². The van der Waals surface area contributed by atoms with Gasteiger partial charge >= 0.3 is 0 Å². The smallest absolute Gasteiger partial charge is 0.231 e. The lowest BCUT2D eigenvalue weighted by Gasteiger charge is -2.22. The van der Waals surface area contributed by atoms with Crippen LogP contribution >= 0.6 is 0 Å². The molecule has 7 nitrogen and oxygen atoms in total. The summed E-state index contributed by atoms with van der Waals surface area (Å²) >= 11 is 0. The maximum atomic E-state index is 12.9. The quantitative estimate of drug-likeness (QED) is 0.466. The fourth-order valence-corrected chi connectivity index (χ4v) is 5.71. The number of hydrogen-bond donors (Lipinski definition) is 1. The van der Waals surface area contributed by atoms with E-state index in [4.69, 9.17) is 15.2 Å². The summed E-state index contributed by atoms with van der Waals surface area (Å²) in [6.07, 6.45) is 4.88. The number of amides is 1. The Morgan fingerprint density at radius 3 is 2.21 bits per heavy atom. The molecule has 0 unspecified atom stereocenters. The number of rotatable bonds is 8. The van der Waals surface area contributed by atoms with Crippen molar-refractivity contribution >= 4 is 17.4 Å². The predicted molar refractivity (Wildman–Crippen MR) is 149 cm³/mol. The third kappa shape index (κ3) is 5.54. The molecule has 0 spiro atoms. The van der Waals surface area contributed by atoms with Crippen molar-refractivity contribution in [3.05, 3.63) is 71.3 Å². The second-order valence-electron chi connectivity index (χ2n) is 10.7. The van der Waals surface area contributed by atoms with E-state index >= 15 is 0 Å². The summed E-state index contributed by atoms with van der Waals surface area (Å²) in [6.45, 7) is 6.08. The zero-order chi connectivity index (χ0) is 25.9. The van der Waals surface area contributed by atoms with Gasteiger partial charge in [0.2, 0.25) is 11.8 Å². The SMILES string of the molecule is Nc1nc(OCC2CCOCC2)cc2c1CC(=O)N2Cc1ccc(-c2ccc(CN3CCCC3)cc2)cc1. The molecular formula is C31H36N4O3. The number of fused-ring (bicyclic) bond motifs is 1. The molecule has 0 bridgehead atoms. The van der Waals surface area contributed by atoms with Gasteiger partial charge in [0, 0.05) is 31.4 Å². The first-order valence-electron chi connectivity index (χ1n) is 13.8. The summed E-state index contributed by atoms with van der Waals surface area (Å²) in [4.78, 5) is 21.7. The number of likely N-dealkylation sites (tertiary alicyclic amines) is 1. The maximum absolute atomic E-state index is 12.9. The highest BCUT2D eigenvalue weighted by atomic mass is 16.5. The first-order valence-corrected chi connectivity index (χ1v) is 13.8. The van der Waals surface area contributed by atoms with Gasteiger partial charge in [-0.2, -0.15) is 4.98 Å². The number of carbonyl (C=O) groups excluding carboxylic acids is 1. The topological polar surface area (TPSA) is 80.9 Å². The number of anilines is 2. The number of pyridine rings is 1. The fraction of sp³-hybridized carbons (Fsp3) is 0.419. The van der Waals surface area contributed by atoms with Gasteiger partial charge in [-0.25, -0.2) is 0 Å². The summed E-state index contributed by atoms with van der Waals surface area (Å²) in [5, 5.41) is 0. The lowest BCUT2D eigenvalue weighted by atomic mass is 10.0. The van der Waals surface area contributed by atoms with Crippen LogP contribution in [0.25, 0.3) is 11.1 Å². The molecular weight excluding hydrogens is 476 g/mol. The number of aromatic nitrogens is 1. The summed E-state index contributed by atoms with van der Waals surface area (Å²) < 4.78 is 11.4. The van der Waals surface area contributed by atoms with Crippen molar-refractivity contribution in [2.75, 3.05) is 43.5 Å². The summed E-state index contributed by atoms with van der Waals surface area (Å²) in [5.41, 5.74) is 12.7. The van der Waals surface area contributed by atoms with Gasteiger partial charge < -0.3 is 20.1 Å². The van der Waals surface area contributed by atoms with Gasteiger partial charge in [0.25, 0.3) is 0 Å². The molecule has 1 aromatic heterocycles. The third-order valence-electron chi connectivity index (χ3n) is 8.02. The van der Waals surface area contributed by atoms with Gasteiger partial charge in [-0.15, -0.1) is 0 Å². The Labute approximate surface area is 224 Å². The first kappa shape index (κ1) is 24.9. The van der Waals surface area contributed by atoms with E-state index in [2.05, 4.69) is 58.4 Å². The molecule has 1 amide bonds. The Morgan fingerprint density at radius 2 is 1.55 bits per heavy atom. The van der Waals surface area contributed by atoms with Crippen LogP contribution in [0.3, 0.4) is 0 Å². The monoisotopic (exact) mass is 512 g/mol. The number of nitrogens with zero attached hydrogens (tertiary/aromatic N) is 3. The standard InChI is InChI=1S/C31H36N4O3/c32-31-27-17-30(36)35(28(27)18-29(33-31)38-21-24-11-15-37-16-12-24)20-23-5-9-26(10-6-23)25-7-3-22(4-8-25)19-34-13-1-2-14-34/h3-10,18,24H,1-2,11-17,19-21H2,(H2,32,33). The van der Waals surface area contributed by atoms with E-state index in [1.165, 1.54) is 42.6 Å². The lowest BCUT2D eigenvalue weighted by molar-refractivity contribution is -0.117. The molecule has 6 rings (SSSR count). The summed E-state index contributed by atoms with van der Waals surface area (Å²) in [5.74, 6) is 1.35. The van der Waals surface area contributed by atoms with Crippen molar-refractivity contribution in [3.8, 4) is 17.0 Å². The minimum absolute atomic E-state index is 0.0350. The van der Waals surface area contributed by atoms with Crippen LogP contribution in [0.15, 0.2) is 54.6 Å². The Balaban J connectivity index is 1.12. The van der Waals surface area contributed by atoms with Crippen LogP contribution in [0.2, 0.25) is 0 Å². The molecule has 3 aliphatic rings. The highest BCUT2D eigenvalue weighted by Crippen LogP contribution is 2.36. The van der Waals surface area contributed by atoms with Crippen molar-refractivity contribution < 1.29 is 14.3 Å². The molecule has 2 aromatic carbocycles. The van der Waals surface area contributed by atoms with Gasteiger partial charge in [-0.3, -0.25) is 9.69 Å². The van der Waals surface area contributed by atoms with Gasteiger partial charge in [-0.05, 0) is 66.9 Å². The highest BCUT2D eigenvalue weighted by molar-refractivity contribution is 6.03. The van der Waals surface area contributed by atoms with Crippen LogP contribution in [-0.2, 0) is 29.0 Å². The van der Waals surface area contributed by atoms with Crippen molar-refractivity contribution in [2.45, 2.75) is 45.2 Å². The maximum Gasteiger partial charge on any atom is 0.231 e. The molecule has 198 valence electrons. The van der Waals surface area contributed by atoms with Crippen molar-refractivity contribution in [3.63, 3.8) is 0 Å². The molecule has 38 heavy (non-hydrogen) atoms. The van der Waals surface area contributed by atoms with E-state index in [1.54, 1.807) is 4.90 Å². The zero-order valence-corrected chi connectivity index (χ0v) is 21.9. The van der Waals surface area contributed by atoms with Crippen molar-refractivity contribution in [2.24, 2.45) is 5.92 Å². The second-order valence-corrected chi connectivity index (χ2v) is 10.7. The van der Waals surface area contributed by atoms with Gasteiger partial charge in [0.05, 0.1) is 25.3 Å². The lowest BCUT2D eigenvalue weighted by Crippen LogP contribution is -2.26. The summed E-state index contributed by atoms with van der Waals surface area (Å²) in [6, 6.07) is 19.2. The third-order valence-corrected chi connectivity index (χ3v) is 8.02. The Bertz CT molecular complexity index is 1260. The van der Waals surface area contributed by atoms with Gasteiger partial charge in [0.15, 0.2) is 0 Å². The molecule has 2 N–H and O–H groups in total. The second kappa shape index (κ2) is 11.1. The number of nitrogens with two attached hydrogens (primary N) is 1. The van der Waals surface area contributed by atoms with E-state index < -0.39 is 0 Å². The first-order chi connectivity index (χ1) is 18.6. The molecule has 2 fully saturated rings. The fourth-order valence-electron chi connectivity index (χ4n) is 5.71. The minimum Gasteiger partial charge on any atom is -0.477 e. The van der Waals surface area contributed by atoms with E-state index in [0.29, 0.717) is 30.8 Å². The molecule has 0 radical (unpaired) electrons. The average Bonchev–Trinajstić information content (AvgIpc) is 3.57. The number of benzene rings is 2. The molecule has 3 aromatic rings. The minimum atomic E-state index is 0.0350. The van der Waals surface area contributed by atoms with Gasteiger partial charge in [0.1, 0.15) is 5.82 Å². The number of nitrogen functional groups attached to an aromatic ring is 1. The van der Waals surface area contributed by atoms with Crippen molar-refractivity contribution in [1.29, 1.82) is 0 Å². The van der Waals surface area contributed by atoms with Crippen LogP contribution in [-0.4, -0.2) is 48.7 Å². The Kier molecular flexibility index (Phi) is 7.29. The largest absolute Gasteiger partial charge is 0.477 e. The predicted octanol–water partition coefficient (Wildman–Crippen LogP) is 4.82. The Morgan fingerprint density at radius 1 is 0.921 bits per heavy atom. The molecule has 2 saturated heterocycles. The highest BCUT2D eigenvalue weighted by Gasteiger charge is 2.31. The Hall–Kier alpha value is -3.42. The van der Waals surface area contributed by atoms with Crippen molar-refractivity contribution in [1.82, 2.24) is 9.88 Å². The molecule has 3 aliphatic heterocycles. The van der Waals surface area contributed by atoms with Crippen LogP contribution in [0, 0.1) is 5.92 Å². The number of carbonyl (C=O) groups is 1. The van der Waals surface area contributed by atoms with E-state index in [-0.39, 0.29) is 12.3 Å². The van der Waals surface area contributed by atoms with E-state index in [1.807, 2.05) is 6.07 Å². The van der Waals surface area contributed by atoms with E-state index in [0.717, 1.165) is 49.4 Å². The average molecular weight is 513 g/mol. The summed E-state index contributed by atoms with van der Waals surface area (Å²) in [7, 11) is 0. The van der Waals surface area contributed by atoms with Crippen LogP contribution in [0.5, 0.6) is 5.88 Å².